The minimum atomic E-state index is 0.377. The molecule has 0 amide bonds. The van der Waals surface area contributed by atoms with E-state index in [9.17, 15) is 4.79 Å². The van der Waals surface area contributed by atoms with Gasteiger partial charge in [-0.1, -0.05) is 0 Å². The molecule has 4 aromatic heterocycles. The number of aryl methyl sites for hydroxylation is 1. The van der Waals surface area contributed by atoms with Crippen LogP contribution in [0.15, 0.2) is 47.3 Å². The largest absolute Gasteiger partial charge is 0.464 e. The van der Waals surface area contributed by atoms with Crippen LogP contribution >= 0.6 is 11.3 Å². The maximum Gasteiger partial charge on any atom is 0.169 e. The Balaban J connectivity index is 1.88. The summed E-state index contributed by atoms with van der Waals surface area (Å²) in [5.74, 6) is 0. The summed E-state index contributed by atoms with van der Waals surface area (Å²) in [6.07, 6.45) is 5.82. The van der Waals surface area contributed by atoms with Gasteiger partial charge in [0.2, 0.25) is 0 Å². The highest BCUT2D eigenvalue weighted by molar-refractivity contribution is 7.18. The molecular formula is C17H11N3O2S. The zero-order chi connectivity index (χ0) is 15.8. The quantitative estimate of drug-likeness (QED) is 0.531. The van der Waals surface area contributed by atoms with Crippen LogP contribution in [0.3, 0.4) is 0 Å². The zero-order valence-corrected chi connectivity index (χ0v) is 13.0. The second-order valence-corrected chi connectivity index (χ2v) is 6.02. The van der Waals surface area contributed by atoms with Crippen LogP contribution < -0.4 is 0 Å². The molecule has 0 aliphatic heterocycles. The van der Waals surface area contributed by atoms with E-state index in [1.54, 1.807) is 24.7 Å². The Morgan fingerprint density at radius 1 is 1.26 bits per heavy atom. The Hall–Kier alpha value is -2.86. The Labute approximate surface area is 135 Å². The molecule has 0 fully saturated rings. The van der Waals surface area contributed by atoms with E-state index in [1.165, 1.54) is 11.3 Å². The minimum absolute atomic E-state index is 0.377. The van der Waals surface area contributed by atoms with Gasteiger partial charge in [-0.3, -0.25) is 9.78 Å². The molecule has 112 valence electrons. The molecule has 0 spiro atoms. The zero-order valence-electron chi connectivity index (χ0n) is 12.2. The van der Waals surface area contributed by atoms with Crippen molar-refractivity contribution in [2.45, 2.75) is 6.92 Å². The molecule has 5 nitrogen and oxygen atoms in total. The fourth-order valence-corrected chi connectivity index (χ4v) is 3.46. The first kappa shape index (κ1) is 13.8. The average molecular weight is 321 g/mol. The van der Waals surface area contributed by atoms with Crippen molar-refractivity contribution in [2.24, 2.45) is 0 Å². The average Bonchev–Trinajstić information content (AvgIpc) is 3.21. The van der Waals surface area contributed by atoms with Crippen molar-refractivity contribution in [3.8, 4) is 21.1 Å². The van der Waals surface area contributed by atoms with Crippen LogP contribution in [0.1, 0.15) is 16.2 Å². The molecule has 23 heavy (non-hydrogen) atoms. The summed E-state index contributed by atoms with van der Waals surface area (Å²) in [4.78, 5) is 25.4. The second-order valence-electron chi connectivity index (χ2n) is 5.02. The molecule has 0 bridgehead atoms. The van der Waals surface area contributed by atoms with Crippen molar-refractivity contribution in [1.82, 2.24) is 15.0 Å². The van der Waals surface area contributed by atoms with Gasteiger partial charge in [0.1, 0.15) is 16.3 Å². The van der Waals surface area contributed by atoms with E-state index in [2.05, 4.69) is 15.0 Å². The second kappa shape index (κ2) is 5.40. The number of carbonyl (C=O) groups excluding carboxylic acids is 1. The number of hydrogen-bond donors (Lipinski definition) is 0. The van der Waals surface area contributed by atoms with E-state index in [4.69, 9.17) is 4.42 Å². The number of aldehydes is 1. The summed E-state index contributed by atoms with van der Waals surface area (Å²) < 4.78 is 5.43. The van der Waals surface area contributed by atoms with Gasteiger partial charge in [0.25, 0.3) is 0 Å². The number of furan rings is 1. The Morgan fingerprint density at radius 3 is 2.96 bits per heavy atom. The number of fused-ring (bicyclic) bond motifs is 1. The molecule has 0 aliphatic carbocycles. The molecule has 0 saturated heterocycles. The molecule has 6 heteroatoms. The molecule has 0 N–H and O–H groups in total. The van der Waals surface area contributed by atoms with Crippen molar-refractivity contribution in [1.29, 1.82) is 0 Å². The first-order chi connectivity index (χ1) is 11.3. The monoisotopic (exact) mass is 321 g/mol. The fourth-order valence-electron chi connectivity index (χ4n) is 2.44. The van der Waals surface area contributed by atoms with Crippen LogP contribution in [-0.2, 0) is 0 Å². The molecule has 4 heterocycles. The van der Waals surface area contributed by atoms with Gasteiger partial charge in [-0.15, -0.1) is 11.3 Å². The van der Waals surface area contributed by atoms with Crippen molar-refractivity contribution in [3.05, 3.63) is 54.3 Å². The van der Waals surface area contributed by atoms with Crippen LogP contribution in [-0.4, -0.2) is 21.2 Å². The van der Waals surface area contributed by atoms with Crippen LogP contribution in [0.5, 0.6) is 0 Å². The van der Waals surface area contributed by atoms with Gasteiger partial charge >= 0.3 is 0 Å². The van der Waals surface area contributed by atoms with Crippen LogP contribution in [0.4, 0.5) is 0 Å². The van der Waals surface area contributed by atoms with E-state index in [0.29, 0.717) is 17.0 Å². The van der Waals surface area contributed by atoms with Crippen LogP contribution in [0.25, 0.3) is 32.1 Å². The van der Waals surface area contributed by atoms with Gasteiger partial charge in [0, 0.05) is 29.4 Å². The number of hydrogen-bond acceptors (Lipinski definition) is 6. The maximum absolute atomic E-state index is 11.3. The van der Waals surface area contributed by atoms with E-state index in [-0.39, 0.29) is 0 Å². The lowest BCUT2D eigenvalue weighted by Crippen LogP contribution is -1.91. The highest BCUT2D eigenvalue weighted by atomic mass is 32.1. The van der Waals surface area contributed by atoms with Crippen molar-refractivity contribution in [2.75, 3.05) is 0 Å². The molecule has 0 atom stereocenters. The predicted octanol–water partition coefficient (Wildman–Crippen LogP) is 4.13. The Bertz CT molecular complexity index is 1010. The van der Waals surface area contributed by atoms with Crippen molar-refractivity contribution >= 4 is 28.6 Å². The Kier molecular flexibility index (Phi) is 3.24. The summed E-state index contributed by atoms with van der Waals surface area (Å²) in [6.45, 7) is 1.93. The van der Waals surface area contributed by atoms with Crippen molar-refractivity contribution < 1.29 is 9.21 Å². The number of rotatable bonds is 3. The summed E-state index contributed by atoms with van der Waals surface area (Å²) >= 11 is 1.52. The summed E-state index contributed by atoms with van der Waals surface area (Å²) in [6, 6.07) is 7.44. The number of thiazole rings is 1. The third-order valence-electron chi connectivity index (χ3n) is 3.53. The highest BCUT2D eigenvalue weighted by Crippen LogP contribution is 2.35. The van der Waals surface area contributed by atoms with Gasteiger partial charge in [-0.05, 0) is 25.1 Å². The summed E-state index contributed by atoms with van der Waals surface area (Å²) in [5.41, 5.74) is 3.54. The highest BCUT2D eigenvalue weighted by Gasteiger charge is 2.15. The first-order valence-corrected chi connectivity index (χ1v) is 7.79. The molecular weight excluding hydrogens is 310 g/mol. The minimum Gasteiger partial charge on any atom is -0.464 e. The van der Waals surface area contributed by atoms with Crippen molar-refractivity contribution in [3.63, 3.8) is 0 Å². The smallest absolute Gasteiger partial charge is 0.169 e. The van der Waals surface area contributed by atoms with Gasteiger partial charge < -0.3 is 4.42 Å². The SMILES string of the molecule is Cc1nc(-c2cccnc2)sc1-c1cc2occc2c(C=O)n1. The van der Waals surface area contributed by atoms with E-state index in [1.807, 2.05) is 25.1 Å². The molecule has 4 aromatic rings. The van der Waals surface area contributed by atoms with E-state index in [0.717, 1.165) is 32.8 Å². The van der Waals surface area contributed by atoms with E-state index >= 15 is 0 Å². The number of nitrogens with zero attached hydrogens (tertiary/aromatic N) is 3. The lowest BCUT2D eigenvalue weighted by molar-refractivity contribution is 0.112. The normalized spacial score (nSPS) is 11.0. The molecule has 0 saturated carbocycles. The lowest BCUT2D eigenvalue weighted by Gasteiger charge is -2.00. The lowest BCUT2D eigenvalue weighted by atomic mass is 10.2. The number of pyridine rings is 2. The van der Waals surface area contributed by atoms with Crippen LogP contribution in [0.2, 0.25) is 0 Å². The molecule has 0 aromatic carbocycles. The molecule has 0 radical (unpaired) electrons. The Morgan fingerprint density at radius 2 is 2.17 bits per heavy atom. The predicted molar refractivity (Wildman–Crippen MR) is 88.5 cm³/mol. The maximum atomic E-state index is 11.3. The van der Waals surface area contributed by atoms with Gasteiger partial charge in [-0.25, -0.2) is 9.97 Å². The molecule has 4 rings (SSSR count). The third-order valence-corrected chi connectivity index (χ3v) is 4.76. The van der Waals surface area contributed by atoms with Gasteiger partial charge in [-0.2, -0.15) is 0 Å². The summed E-state index contributed by atoms with van der Waals surface area (Å²) in [5, 5.41) is 1.60. The van der Waals surface area contributed by atoms with Gasteiger partial charge in [0.05, 0.1) is 22.5 Å². The van der Waals surface area contributed by atoms with E-state index < -0.39 is 0 Å². The molecule has 0 unspecified atom stereocenters. The molecule has 0 aliphatic rings. The number of aromatic nitrogens is 3. The third kappa shape index (κ3) is 2.33. The standard InChI is InChI=1S/C17H11N3O2S/c1-10-16(23-17(19-10)11-3-2-5-18-8-11)13-7-15-12(4-6-22-15)14(9-21)20-13/h2-9H,1H3. The van der Waals surface area contributed by atoms with Gasteiger partial charge in [0.15, 0.2) is 6.29 Å². The first-order valence-electron chi connectivity index (χ1n) is 6.98. The number of carbonyl (C=O) groups is 1. The van der Waals surface area contributed by atoms with Crippen LogP contribution in [0, 0.1) is 6.92 Å². The summed E-state index contributed by atoms with van der Waals surface area (Å²) in [7, 11) is 0. The topological polar surface area (TPSA) is 68.9 Å². The fraction of sp³-hybridized carbons (Fsp3) is 0.0588.